The Bertz CT molecular complexity index is 445. The van der Waals surface area contributed by atoms with Crippen molar-refractivity contribution in [1.29, 1.82) is 0 Å². The molecule has 0 fully saturated rings. The minimum Gasteiger partial charge on any atom is -0.394 e. The maximum Gasteiger partial charge on any atom is 0.263 e. The number of hydrogen-bond acceptors (Lipinski definition) is 4. The normalized spacial score (nSPS) is 18.2. The minimum absolute atomic E-state index is 0.248. The highest BCUT2D eigenvalue weighted by atomic mass is 16.3. The summed E-state index contributed by atoms with van der Waals surface area (Å²) in [7, 11) is 0. The van der Waals surface area contributed by atoms with Crippen molar-refractivity contribution in [3.05, 3.63) is 29.6 Å². The second-order valence-electron chi connectivity index (χ2n) is 4.38. The van der Waals surface area contributed by atoms with Crippen molar-refractivity contribution < 1.29 is 14.7 Å². The highest BCUT2D eigenvalue weighted by molar-refractivity contribution is 6.21. The lowest BCUT2D eigenvalue weighted by atomic mass is 9.98. The van der Waals surface area contributed by atoms with E-state index >= 15 is 0 Å². The van der Waals surface area contributed by atoms with Crippen LogP contribution in [0, 0.1) is 0 Å². The number of nitrogens with zero attached hydrogens (tertiary/aromatic N) is 2. The molecule has 1 aliphatic rings. The van der Waals surface area contributed by atoms with E-state index < -0.39 is 5.54 Å². The van der Waals surface area contributed by atoms with Gasteiger partial charge in [-0.15, -0.1) is 0 Å². The van der Waals surface area contributed by atoms with Gasteiger partial charge in [0.1, 0.15) is 0 Å². The molecule has 0 aromatic carbocycles. The van der Waals surface area contributed by atoms with Crippen LogP contribution in [0.1, 0.15) is 41.0 Å². The van der Waals surface area contributed by atoms with Crippen molar-refractivity contribution >= 4 is 11.8 Å². The van der Waals surface area contributed by atoms with Gasteiger partial charge >= 0.3 is 0 Å². The standard InChI is InChI=1S/C12H14N2O3/c1-3-12(2,7-15)14-10(16)8-4-5-13-6-9(8)11(14)17/h4-6,15H,3,7H2,1-2H3. The van der Waals surface area contributed by atoms with E-state index in [0.717, 1.165) is 4.90 Å². The molecular weight excluding hydrogens is 220 g/mol. The molecule has 2 heterocycles. The topological polar surface area (TPSA) is 70.5 Å². The Hall–Kier alpha value is -1.75. The molecule has 0 bridgehead atoms. The van der Waals surface area contributed by atoms with Crippen molar-refractivity contribution in [2.45, 2.75) is 25.8 Å². The third-order valence-electron chi connectivity index (χ3n) is 3.33. The van der Waals surface area contributed by atoms with Crippen molar-refractivity contribution in [1.82, 2.24) is 9.88 Å². The lowest BCUT2D eigenvalue weighted by molar-refractivity contribution is 0.0292. The lowest BCUT2D eigenvalue weighted by Gasteiger charge is -2.34. The first kappa shape index (κ1) is 11.7. The predicted octanol–water partition coefficient (Wildman–Crippen LogP) is 0.839. The quantitative estimate of drug-likeness (QED) is 0.787. The Labute approximate surface area is 99.1 Å². The number of hydrogen-bond donors (Lipinski definition) is 1. The Kier molecular flexibility index (Phi) is 2.71. The summed E-state index contributed by atoms with van der Waals surface area (Å²) >= 11 is 0. The van der Waals surface area contributed by atoms with Crippen LogP contribution in [0.3, 0.4) is 0 Å². The molecule has 0 radical (unpaired) electrons. The number of imide groups is 1. The molecule has 0 saturated heterocycles. The summed E-state index contributed by atoms with van der Waals surface area (Å²) in [6.07, 6.45) is 3.38. The largest absolute Gasteiger partial charge is 0.394 e. The molecule has 5 nitrogen and oxygen atoms in total. The maximum absolute atomic E-state index is 12.1. The van der Waals surface area contributed by atoms with E-state index in [0.29, 0.717) is 17.5 Å². The van der Waals surface area contributed by atoms with E-state index in [1.54, 1.807) is 6.92 Å². The molecule has 5 heteroatoms. The molecule has 0 spiro atoms. The first-order chi connectivity index (χ1) is 8.05. The molecule has 90 valence electrons. The van der Waals surface area contributed by atoms with E-state index in [1.165, 1.54) is 18.5 Å². The van der Waals surface area contributed by atoms with Gasteiger partial charge in [-0.1, -0.05) is 6.92 Å². The monoisotopic (exact) mass is 234 g/mol. The zero-order chi connectivity index (χ0) is 12.6. The van der Waals surface area contributed by atoms with Gasteiger partial charge in [0.25, 0.3) is 11.8 Å². The third kappa shape index (κ3) is 1.54. The second-order valence-corrected chi connectivity index (χ2v) is 4.38. The fourth-order valence-electron chi connectivity index (χ4n) is 1.92. The van der Waals surface area contributed by atoms with Crippen LogP contribution in [0.2, 0.25) is 0 Å². The Balaban J connectivity index is 2.50. The van der Waals surface area contributed by atoms with Gasteiger partial charge in [-0.2, -0.15) is 0 Å². The van der Waals surface area contributed by atoms with Crippen LogP contribution >= 0.6 is 0 Å². The number of carbonyl (C=O) groups is 2. The molecule has 1 aliphatic heterocycles. The average Bonchev–Trinajstić information content (AvgIpc) is 2.62. The summed E-state index contributed by atoms with van der Waals surface area (Å²) in [6.45, 7) is 3.28. The Morgan fingerprint density at radius 3 is 2.53 bits per heavy atom. The van der Waals surface area contributed by atoms with Crippen LogP contribution in [0.4, 0.5) is 0 Å². The zero-order valence-electron chi connectivity index (χ0n) is 9.80. The van der Waals surface area contributed by atoms with Crippen LogP contribution in [-0.4, -0.2) is 39.0 Å². The molecule has 2 amide bonds. The van der Waals surface area contributed by atoms with Crippen LogP contribution < -0.4 is 0 Å². The number of aromatic nitrogens is 1. The van der Waals surface area contributed by atoms with Crippen molar-refractivity contribution in [2.75, 3.05) is 6.61 Å². The molecule has 0 aliphatic carbocycles. The smallest absolute Gasteiger partial charge is 0.263 e. The molecular formula is C12H14N2O3. The first-order valence-electron chi connectivity index (χ1n) is 5.49. The van der Waals surface area contributed by atoms with Gasteiger partial charge in [0.15, 0.2) is 0 Å². The van der Waals surface area contributed by atoms with Gasteiger partial charge < -0.3 is 5.11 Å². The number of carbonyl (C=O) groups excluding carboxylic acids is 2. The van der Waals surface area contributed by atoms with Crippen molar-refractivity contribution in [3.8, 4) is 0 Å². The SMILES string of the molecule is CCC(C)(CO)N1C(=O)c2ccncc2C1=O. The van der Waals surface area contributed by atoms with Crippen molar-refractivity contribution in [3.63, 3.8) is 0 Å². The van der Waals surface area contributed by atoms with E-state index in [9.17, 15) is 14.7 Å². The maximum atomic E-state index is 12.1. The number of pyridine rings is 1. The zero-order valence-corrected chi connectivity index (χ0v) is 9.80. The highest BCUT2D eigenvalue weighted by Crippen LogP contribution is 2.30. The third-order valence-corrected chi connectivity index (χ3v) is 3.33. The Morgan fingerprint density at radius 1 is 1.35 bits per heavy atom. The first-order valence-corrected chi connectivity index (χ1v) is 5.49. The van der Waals surface area contributed by atoms with Gasteiger partial charge in [-0.05, 0) is 19.4 Å². The molecule has 17 heavy (non-hydrogen) atoms. The summed E-state index contributed by atoms with van der Waals surface area (Å²) < 4.78 is 0. The van der Waals surface area contributed by atoms with Crippen LogP contribution in [-0.2, 0) is 0 Å². The average molecular weight is 234 g/mol. The molecule has 1 atom stereocenters. The van der Waals surface area contributed by atoms with Crippen LogP contribution in [0.25, 0.3) is 0 Å². The summed E-state index contributed by atoms with van der Waals surface area (Å²) in [5.41, 5.74) is -0.184. The molecule has 1 unspecified atom stereocenters. The van der Waals surface area contributed by atoms with Gasteiger partial charge in [-0.3, -0.25) is 19.5 Å². The van der Waals surface area contributed by atoms with Gasteiger partial charge in [0, 0.05) is 12.4 Å². The number of amides is 2. The number of aliphatic hydroxyl groups is 1. The molecule has 2 rings (SSSR count). The van der Waals surface area contributed by atoms with E-state index in [-0.39, 0.29) is 18.4 Å². The van der Waals surface area contributed by atoms with E-state index in [2.05, 4.69) is 4.98 Å². The molecule has 1 aromatic rings. The number of aliphatic hydroxyl groups excluding tert-OH is 1. The predicted molar refractivity (Wildman–Crippen MR) is 60.5 cm³/mol. The lowest BCUT2D eigenvalue weighted by Crippen LogP contribution is -2.51. The van der Waals surface area contributed by atoms with Crippen molar-refractivity contribution in [2.24, 2.45) is 0 Å². The summed E-state index contributed by atoms with van der Waals surface area (Å²) in [5.74, 6) is -0.734. The van der Waals surface area contributed by atoms with Gasteiger partial charge in [-0.25, -0.2) is 0 Å². The van der Waals surface area contributed by atoms with E-state index in [1.807, 2.05) is 6.92 Å². The minimum atomic E-state index is -0.854. The fourth-order valence-corrected chi connectivity index (χ4v) is 1.92. The molecule has 1 aromatic heterocycles. The number of fused-ring (bicyclic) bond motifs is 1. The van der Waals surface area contributed by atoms with E-state index in [4.69, 9.17) is 0 Å². The van der Waals surface area contributed by atoms with Gasteiger partial charge in [0.05, 0.1) is 23.3 Å². The van der Waals surface area contributed by atoms with Crippen LogP contribution in [0.5, 0.6) is 0 Å². The summed E-state index contributed by atoms with van der Waals surface area (Å²) in [6, 6.07) is 1.53. The van der Waals surface area contributed by atoms with Gasteiger partial charge in [0.2, 0.25) is 0 Å². The highest BCUT2D eigenvalue weighted by Gasteiger charge is 2.45. The Morgan fingerprint density at radius 2 is 2.00 bits per heavy atom. The van der Waals surface area contributed by atoms with Crippen LogP contribution in [0.15, 0.2) is 18.5 Å². The summed E-state index contributed by atoms with van der Waals surface area (Å²) in [4.78, 5) is 29.2. The summed E-state index contributed by atoms with van der Waals surface area (Å²) in [5, 5.41) is 9.40. The molecule has 0 saturated carbocycles. The fraction of sp³-hybridized carbons (Fsp3) is 0.417. The second kappa shape index (κ2) is 3.92. The number of rotatable bonds is 3. The molecule has 1 N–H and O–H groups in total.